The van der Waals surface area contributed by atoms with E-state index in [1.54, 1.807) is 6.08 Å². The number of ether oxygens (including phenoxy) is 2. The normalized spacial score (nSPS) is 14.7. The second kappa shape index (κ2) is 7.81. The number of morpholine rings is 1. The van der Waals surface area contributed by atoms with E-state index < -0.39 is 5.97 Å². The molecule has 3 rings (SSSR count). The van der Waals surface area contributed by atoms with Crippen LogP contribution in [-0.4, -0.2) is 39.4 Å². The monoisotopic (exact) mass is 341 g/mol. The van der Waals surface area contributed by atoms with Gasteiger partial charge in [-0.05, 0) is 11.6 Å². The molecule has 1 aromatic carbocycles. The number of esters is 1. The van der Waals surface area contributed by atoms with Gasteiger partial charge in [-0.1, -0.05) is 24.3 Å². The maximum Gasteiger partial charge on any atom is 0.330 e. The van der Waals surface area contributed by atoms with Crippen LogP contribution < -0.4 is 10.3 Å². The predicted octanol–water partition coefficient (Wildman–Crippen LogP) is 2.33. The lowest BCUT2D eigenvalue weighted by Gasteiger charge is -2.27. The molecule has 6 heteroatoms. The summed E-state index contributed by atoms with van der Waals surface area (Å²) in [6.07, 6.45) is 2.98. The summed E-state index contributed by atoms with van der Waals surface area (Å²) < 4.78 is 15.9. The van der Waals surface area contributed by atoms with Gasteiger partial charge in [-0.3, -0.25) is 4.79 Å². The Morgan fingerprint density at radius 3 is 2.72 bits per heavy atom. The fourth-order valence-corrected chi connectivity index (χ4v) is 2.63. The maximum atomic E-state index is 12.1. The fraction of sp³-hybridized carbons (Fsp3) is 0.263. The van der Waals surface area contributed by atoms with Crippen molar-refractivity contribution in [2.24, 2.45) is 0 Å². The Hall–Kier alpha value is -2.86. The zero-order chi connectivity index (χ0) is 17.6. The Morgan fingerprint density at radius 2 is 1.96 bits per heavy atom. The van der Waals surface area contributed by atoms with Crippen molar-refractivity contribution < 1.29 is 18.7 Å². The van der Waals surface area contributed by atoms with E-state index in [2.05, 4.69) is 4.74 Å². The average molecular weight is 341 g/mol. The second-order valence-electron chi connectivity index (χ2n) is 5.54. The molecule has 2 heterocycles. The average Bonchev–Trinajstić information content (AvgIpc) is 2.66. The van der Waals surface area contributed by atoms with Crippen LogP contribution in [0.1, 0.15) is 5.56 Å². The van der Waals surface area contributed by atoms with Gasteiger partial charge in [0.15, 0.2) is 11.3 Å². The van der Waals surface area contributed by atoms with Gasteiger partial charge in [-0.2, -0.15) is 0 Å². The third-order valence-corrected chi connectivity index (χ3v) is 3.90. The molecule has 0 unspecified atom stereocenters. The molecule has 0 spiro atoms. The molecule has 0 radical (unpaired) electrons. The smallest absolute Gasteiger partial charge is 0.330 e. The summed E-state index contributed by atoms with van der Waals surface area (Å²) in [5, 5.41) is 0. The van der Waals surface area contributed by atoms with Gasteiger partial charge in [0, 0.05) is 36.9 Å². The Labute approximate surface area is 145 Å². The molecular weight excluding hydrogens is 322 g/mol. The van der Waals surface area contributed by atoms with E-state index in [1.807, 2.05) is 29.2 Å². The van der Waals surface area contributed by atoms with Crippen LogP contribution in [0.25, 0.3) is 17.4 Å². The van der Waals surface area contributed by atoms with Gasteiger partial charge in [-0.15, -0.1) is 0 Å². The quantitative estimate of drug-likeness (QED) is 0.628. The van der Waals surface area contributed by atoms with Crippen molar-refractivity contribution in [3.05, 3.63) is 58.3 Å². The summed E-state index contributed by atoms with van der Waals surface area (Å²) in [6, 6.07) is 10.3. The van der Waals surface area contributed by atoms with Crippen LogP contribution in [-0.2, 0) is 14.3 Å². The Bertz CT molecular complexity index is 834. The van der Waals surface area contributed by atoms with E-state index in [-0.39, 0.29) is 5.43 Å². The zero-order valence-electron chi connectivity index (χ0n) is 13.9. The van der Waals surface area contributed by atoms with Crippen LogP contribution in [0.3, 0.4) is 0 Å². The number of rotatable bonds is 4. The summed E-state index contributed by atoms with van der Waals surface area (Å²) in [4.78, 5) is 25.5. The van der Waals surface area contributed by atoms with Crippen molar-refractivity contribution in [2.75, 3.05) is 38.3 Å². The van der Waals surface area contributed by atoms with Crippen molar-refractivity contribution in [3.63, 3.8) is 0 Å². The molecule has 0 amide bonds. The first-order chi connectivity index (χ1) is 12.2. The third-order valence-electron chi connectivity index (χ3n) is 3.90. The molecule has 130 valence electrons. The molecule has 1 aliphatic heterocycles. The van der Waals surface area contributed by atoms with Gasteiger partial charge >= 0.3 is 5.97 Å². The van der Waals surface area contributed by atoms with Crippen molar-refractivity contribution in [3.8, 4) is 11.3 Å². The highest BCUT2D eigenvalue weighted by atomic mass is 16.5. The molecule has 1 aliphatic rings. The number of hydrogen-bond acceptors (Lipinski definition) is 6. The van der Waals surface area contributed by atoms with Crippen LogP contribution in [0.2, 0.25) is 0 Å². The number of hydrogen-bond donors (Lipinski definition) is 0. The molecule has 2 aromatic rings. The summed E-state index contributed by atoms with van der Waals surface area (Å²) in [6.45, 7) is 2.56. The first-order valence-electron chi connectivity index (χ1n) is 8.01. The Balaban J connectivity index is 1.99. The Morgan fingerprint density at radius 1 is 1.20 bits per heavy atom. The Kier molecular flexibility index (Phi) is 5.30. The van der Waals surface area contributed by atoms with E-state index >= 15 is 0 Å². The topological polar surface area (TPSA) is 69.0 Å². The zero-order valence-corrected chi connectivity index (χ0v) is 13.9. The first kappa shape index (κ1) is 17.0. The van der Waals surface area contributed by atoms with Crippen molar-refractivity contribution in [2.45, 2.75) is 0 Å². The predicted molar refractivity (Wildman–Crippen MR) is 94.5 cm³/mol. The molecule has 6 nitrogen and oxygen atoms in total. The van der Waals surface area contributed by atoms with Gasteiger partial charge < -0.3 is 18.8 Å². The SMILES string of the molecule is COC(=O)/C=C/c1ccccc1-c1cc(=O)cc(N2CCOCC2)o1. The minimum absolute atomic E-state index is 0.130. The summed E-state index contributed by atoms with van der Waals surface area (Å²) in [5.41, 5.74) is 1.36. The fourth-order valence-electron chi connectivity index (χ4n) is 2.63. The highest BCUT2D eigenvalue weighted by molar-refractivity contribution is 5.88. The van der Waals surface area contributed by atoms with Crippen LogP contribution in [0, 0.1) is 0 Å². The summed E-state index contributed by atoms with van der Waals surface area (Å²) in [7, 11) is 1.32. The van der Waals surface area contributed by atoms with Crippen LogP contribution in [0.4, 0.5) is 5.88 Å². The number of carbonyl (C=O) groups is 1. The third kappa shape index (κ3) is 4.16. The highest BCUT2D eigenvalue weighted by Crippen LogP contribution is 2.27. The molecule has 0 saturated carbocycles. The summed E-state index contributed by atoms with van der Waals surface area (Å²) in [5.74, 6) is 0.537. The van der Waals surface area contributed by atoms with Gasteiger partial charge in [0.2, 0.25) is 0 Å². The maximum absolute atomic E-state index is 12.1. The molecule has 0 bridgehead atoms. The minimum Gasteiger partial charge on any atom is -0.466 e. The van der Waals surface area contributed by atoms with E-state index in [1.165, 1.54) is 25.3 Å². The second-order valence-corrected chi connectivity index (χ2v) is 5.54. The largest absolute Gasteiger partial charge is 0.466 e. The van der Waals surface area contributed by atoms with Crippen LogP contribution in [0.15, 0.2) is 51.7 Å². The highest BCUT2D eigenvalue weighted by Gasteiger charge is 2.16. The number of nitrogens with zero attached hydrogens (tertiary/aromatic N) is 1. The van der Waals surface area contributed by atoms with E-state index in [9.17, 15) is 9.59 Å². The molecule has 1 saturated heterocycles. The van der Waals surface area contributed by atoms with Crippen molar-refractivity contribution >= 4 is 17.9 Å². The number of anilines is 1. The molecule has 0 atom stereocenters. The summed E-state index contributed by atoms with van der Waals surface area (Å²) >= 11 is 0. The van der Waals surface area contributed by atoms with E-state index in [0.717, 1.165) is 11.1 Å². The van der Waals surface area contributed by atoms with Crippen LogP contribution >= 0.6 is 0 Å². The lowest BCUT2D eigenvalue weighted by Crippen LogP contribution is -2.36. The van der Waals surface area contributed by atoms with Crippen LogP contribution in [0.5, 0.6) is 0 Å². The van der Waals surface area contributed by atoms with Gasteiger partial charge in [0.05, 0.1) is 20.3 Å². The number of methoxy groups -OCH3 is 1. The molecule has 1 fully saturated rings. The number of carbonyl (C=O) groups excluding carboxylic acids is 1. The first-order valence-corrected chi connectivity index (χ1v) is 8.01. The molecule has 1 aromatic heterocycles. The van der Waals surface area contributed by atoms with E-state index in [0.29, 0.717) is 37.9 Å². The van der Waals surface area contributed by atoms with Crippen molar-refractivity contribution in [1.29, 1.82) is 0 Å². The number of benzene rings is 1. The molecule has 25 heavy (non-hydrogen) atoms. The molecule has 0 N–H and O–H groups in total. The van der Waals surface area contributed by atoms with E-state index in [4.69, 9.17) is 9.15 Å². The standard InChI is InChI=1S/C19H19NO5/c1-23-19(22)7-6-14-4-2-3-5-16(14)17-12-15(21)13-18(25-17)20-8-10-24-11-9-20/h2-7,12-13H,8-11H2,1H3/b7-6+. The van der Waals surface area contributed by atoms with Gasteiger partial charge in [-0.25, -0.2) is 4.79 Å². The lowest BCUT2D eigenvalue weighted by atomic mass is 10.0. The van der Waals surface area contributed by atoms with Gasteiger partial charge in [0.1, 0.15) is 5.76 Å². The minimum atomic E-state index is -0.446. The molecule has 0 aliphatic carbocycles. The van der Waals surface area contributed by atoms with Crippen molar-refractivity contribution in [1.82, 2.24) is 0 Å². The lowest BCUT2D eigenvalue weighted by molar-refractivity contribution is -0.134. The van der Waals surface area contributed by atoms with Gasteiger partial charge in [0.25, 0.3) is 0 Å². The molecular formula is C19H19NO5.